The van der Waals surface area contributed by atoms with E-state index in [1.165, 1.54) is 37.9 Å². The Hall–Kier alpha value is -6.39. The van der Waals surface area contributed by atoms with Crippen LogP contribution in [0.15, 0.2) is 150 Å². The van der Waals surface area contributed by atoms with Crippen molar-refractivity contribution < 1.29 is 4.42 Å². The fourth-order valence-corrected chi connectivity index (χ4v) is 7.50. The minimum Gasteiger partial charge on any atom is -0.455 e. The summed E-state index contributed by atoms with van der Waals surface area (Å²) in [5.74, 6) is 1.82. The first-order valence-electron chi connectivity index (χ1n) is 17.4. The van der Waals surface area contributed by atoms with Crippen LogP contribution in [0.3, 0.4) is 0 Å². The third kappa shape index (κ3) is 4.86. The van der Waals surface area contributed by atoms with Crippen LogP contribution in [0.5, 0.6) is 0 Å². The SMILES string of the molecule is CC(C)(C)c1ccc2cc(-c3nc(-c4cccc5c4ccc4cc6ccccc6cc45)nc(-c4cccc5c4oc4ccccc45)n3)ccc2c1. The summed E-state index contributed by atoms with van der Waals surface area (Å²) in [6, 6.07) is 51.5. The summed E-state index contributed by atoms with van der Waals surface area (Å²) in [4.78, 5) is 15.6. The third-order valence-corrected chi connectivity index (χ3v) is 10.2. The second-order valence-electron chi connectivity index (χ2n) is 14.5. The highest BCUT2D eigenvalue weighted by molar-refractivity contribution is 6.15. The summed E-state index contributed by atoms with van der Waals surface area (Å²) < 4.78 is 6.48. The lowest BCUT2D eigenvalue weighted by Crippen LogP contribution is -2.10. The lowest BCUT2D eigenvalue weighted by atomic mass is 9.86. The van der Waals surface area contributed by atoms with Crippen molar-refractivity contribution in [2.45, 2.75) is 26.2 Å². The molecule has 0 unspecified atom stereocenters. The fraction of sp³-hybridized carbons (Fsp3) is 0.0851. The molecule has 242 valence electrons. The molecule has 0 amide bonds. The number of rotatable bonds is 3. The molecule has 0 saturated carbocycles. The van der Waals surface area contributed by atoms with Crippen molar-refractivity contribution in [2.75, 3.05) is 0 Å². The second kappa shape index (κ2) is 11.1. The minimum absolute atomic E-state index is 0.0689. The highest BCUT2D eigenvalue weighted by Crippen LogP contribution is 2.38. The van der Waals surface area contributed by atoms with Gasteiger partial charge in [-0.05, 0) is 84.4 Å². The standard InChI is InChI=1S/C47H33N3O/c1-47(2,3)34-22-20-30-25-33(19-18-31(30)26-34)44-48-45(50-46(49-44)40-16-9-14-38-37-12-6-7-17-42(37)51-43(38)40)39-15-8-13-35-36(39)23-21-32-24-28-10-4-5-11-29(28)27-41(32)35/h4-27H,1-3H3. The van der Waals surface area contributed by atoms with Crippen LogP contribution < -0.4 is 0 Å². The molecule has 10 aromatic rings. The molecule has 0 N–H and O–H groups in total. The van der Waals surface area contributed by atoms with Crippen molar-refractivity contribution in [3.63, 3.8) is 0 Å². The van der Waals surface area contributed by atoms with Crippen LogP contribution in [0.25, 0.3) is 99.2 Å². The van der Waals surface area contributed by atoms with Gasteiger partial charge in [-0.2, -0.15) is 0 Å². The molecule has 4 heteroatoms. The maximum Gasteiger partial charge on any atom is 0.167 e. The predicted octanol–water partition coefficient (Wildman–Crippen LogP) is 12.7. The van der Waals surface area contributed by atoms with E-state index in [2.05, 4.69) is 142 Å². The molecule has 0 spiro atoms. The van der Waals surface area contributed by atoms with Gasteiger partial charge in [-0.15, -0.1) is 0 Å². The maximum absolute atomic E-state index is 6.48. The molecule has 4 nitrogen and oxygen atoms in total. The lowest BCUT2D eigenvalue weighted by molar-refractivity contribution is 0.591. The number of fused-ring (bicyclic) bond motifs is 8. The summed E-state index contributed by atoms with van der Waals surface area (Å²) in [6.07, 6.45) is 0. The topological polar surface area (TPSA) is 51.8 Å². The van der Waals surface area contributed by atoms with E-state index >= 15 is 0 Å². The van der Waals surface area contributed by atoms with Crippen molar-refractivity contribution in [3.8, 4) is 34.2 Å². The maximum atomic E-state index is 6.48. The summed E-state index contributed by atoms with van der Waals surface area (Å²) in [5, 5.41) is 11.6. The van der Waals surface area contributed by atoms with Gasteiger partial charge in [0.2, 0.25) is 0 Å². The highest BCUT2D eigenvalue weighted by atomic mass is 16.3. The van der Waals surface area contributed by atoms with E-state index in [0.717, 1.165) is 49.4 Å². The lowest BCUT2D eigenvalue weighted by Gasteiger charge is -2.19. The monoisotopic (exact) mass is 655 g/mol. The van der Waals surface area contributed by atoms with Crippen LogP contribution in [0.4, 0.5) is 0 Å². The van der Waals surface area contributed by atoms with Gasteiger partial charge in [0.1, 0.15) is 11.2 Å². The van der Waals surface area contributed by atoms with Gasteiger partial charge in [-0.25, -0.2) is 15.0 Å². The van der Waals surface area contributed by atoms with E-state index in [1.54, 1.807) is 0 Å². The molecule has 10 rings (SSSR count). The van der Waals surface area contributed by atoms with E-state index in [-0.39, 0.29) is 5.41 Å². The van der Waals surface area contributed by atoms with E-state index < -0.39 is 0 Å². The molecule has 0 radical (unpaired) electrons. The van der Waals surface area contributed by atoms with Gasteiger partial charge >= 0.3 is 0 Å². The Kier molecular flexibility index (Phi) is 6.40. The van der Waals surface area contributed by atoms with Crippen LogP contribution in [-0.4, -0.2) is 15.0 Å². The van der Waals surface area contributed by atoms with Gasteiger partial charge in [-0.3, -0.25) is 0 Å². The van der Waals surface area contributed by atoms with Crippen molar-refractivity contribution in [3.05, 3.63) is 151 Å². The Labute approximate surface area is 295 Å². The van der Waals surface area contributed by atoms with Crippen molar-refractivity contribution in [2.24, 2.45) is 0 Å². The molecule has 0 aliphatic heterocycles. The normalized spacial score (nSPS) is 12.2. The first-order valence-corrected chi connectivity index (χ1v) is 17.4. The van der Waals surface area contributed by atoms with Crippen LogP contribution in [0.1, 0.15) is 26.3 Å². The summed E-state index contributed by atoms with van der Waals surface area (Å²) >= 11 is 0. The second-order valence-corrected chi connectivity index (χ2v) is 14.5. The van der Waals surface area contributed by atoms with Gasteiger partial charge in [0.05, 0.1) is 5.56 Å². The number of benzene rings is 8. The molecule has 0 fully saturated rings. The van der Waals surface area contributed by atoms with Gasteiger partial charge in [0.25, 0.3) is 0 Å². The molecular formula is C47H33N3O. The fourth-order valence-electron chi connectivity index (χ4n) is 7.50. The third-order valence-electron chi connectivity index (χ3n) is 10.2. The van der Waals surface area contributed by atoms with Crippen molar-refractivity contribution >= 4 is 65.0 Å². The average Bonchev–Trinajstić information content (AvgIpc) is 3.55. The van der Waals surface area contributed by atoms with Gasteiger partial charge in [0.15, 0.2) is 17.5 Å². The first kappa shape index (κ1) is 29.5. The molecule has 8 aromatic carbocycles. The summed E-state index contributed by atoms with van der Waals surface area (Å²) in [6.45, 7) is 6.74. The van der Waals surface area contributed by atoms with Crippen LogP contribution >= 0.6 is 0 Å². The average molecular weight is 656 g/mol. The molecule has 0 bridgehead atoms. The Bertz CT molecular complexity index is 3020. The first-order chi connectivity index (χ1) is 24.9. The zero-order valence-electron chi connectivity index (χ0n) is 28.6. The Morgan fingerprint density at radius 2 is 1.04 bits per heavy atom. The van der Waals surface area contributed by atoms with Crippen LogP contribution in [-0.2, 0) is 5.41 Å². The summed E-state index contributed by atoms with van der Waals surface area (Å²) in [5.41, 5.74) is 5.71. The molecule has 51 heavy (non-hydrogen) atoms. The number of aromatic nitrogens is 3. The van der Waals surface area contributed by atoms with Gasteiger partial charge < -0.3 is 4.42 Å². The zero-order chi connectivity index (χ0) is 34.3. The van der Waals surface area contributed by atoms with Crippen molar-refractivity contribution in [1.82, 2.24) is 15.0 Å². The number of hydrogen-bond donors (Lipinski definition) is 0. The van der Waals surface area contributed by atoms with E-state index in [1.807, 2.05) is 24.3 Å². The largest absolute Gasteiger partial charge is 0.455 e. The molecule has 0 aliphatic rings. The molecule has 2 aromatic heterocycles. The number of hydrogen-bond acceptors (Lipinski definition) is 4. The zero-order valence-corrected chi connectivity index (χ0v) is 28.6. The number of para-hydroxylation sites is 2. The molecule has 0 aliphatic carbocycles. The predicted molar refractivity (Wildman–Crippen MR) is 212 cm³/mol. The Balaban J connectivity index is 1.22. The molecule has 0 saturated heterocycles. The molecule has 0 atom stereocenters. The van der Waals surface area contributed by atoms with Gasteiger partial charge in [-0.1, -0.05) is 136 Å². The smallest absolute Gasteiger partial charge is 0.167 e. The Morgan fingerprint density at radius 3 is 1.88 bits per heavy atom. The van der Waals surface area contributed by atoms with Crippen molar-refractivity contribution in [1.29, 1.82) is 0 Å². The number of nitrogens with zero attached hydrogens (tertiary/aromatic N) is 3. The van der Waals surface area contributed by atoms with Gasteiger partial charge in [0, 0.05) is 21.9 Å². The van der Waals surface area contributed by atoms with Crippen LogP contribution in [0, 0.1) is 0 Å². The number of furan rings is 1. The van der Waals surface area contributed by atoms with E-state index in [9.17, 15) is 0 Å². The molecule has 2 heterocycles. The van der Waals surface area contributed by atoms with Crippen LogP contribution in [0.2, 0.25) is 0 Å². The molecular weight excluding hydrogens is 623 g/mol. The summed E-state index contributed by atoms with van der Waals surface area (Å²) in [7, 11) is 0. The Morgan fingerprint density at radius 1 is 0.412 bits per heavy atom. The highest BCUT2D eigenvalue weighted by Gasteiger charge is 2.20. The van der Waals surface area contributed by atoms with E-state index in [4.69, 9.17) is 19.4 Å². The minimum atomic E-state index is 0.0689. The van der Waals surface area contributed by atoms with E-state index in [0.29, 0.717) is 17.5 Å². The quantitative estimate of drug-likeness (QED) is 0.140.